The van der Waals surface area contributed by atoms with Crippen molar-refractivity contribution in [1.82, 2.24) is 15.5 Å². The standard InChI is InChI=1S/C22H35N5O2.HI/c1-3-23-22(24-12-14-26(15-16-29-2)19-10-11-19)25-17-18-6-8-20(9-7-18)27-13-4-5-21(27)28;/h6-9,19H,3-5,10-17H2,1-2H3,(H2,23,24,25);1H. The third-order valence-electron chi connectivity index (χ3n) is 5.42. The van der Waals surface area contributed by atoms with Gasteiger partial charge in [0.25, 0.3) is 0 Å². The van der Waals surface area contributed by atoms with Gasteiger partial charge in [-0.3, -0.25) is 9.69 Å². The van der Waals surface area contributed by atoms with Crippen molar-refractivity contribution in [3.63, 3.8) is 0 Å². The van der Waals surface area contributed by atoms with Gasteiger partial charge >= 0.3 is 0 Å². The topological polar surface area (TPSA) is 69.2 Å². The van der Waals surface area contributed by atoms with E-state index in [0.29, 0.717) is 13.0 Å². The fourth-order valence-electron chi connectivity index (χ4n) is 3.66. The summed E-state index contributed by atoms with van der Waals surface area (Å²) in [5.74, 6) is 1.06. The summed E-state index contributed by atoms with van der Waals surface area (Å²) >= 11 is 0. The fraction of sp³-hybridized carbons (Fsp3) is 0.636. The summed E-state index contributed by atoms with van der Waals surface area (Å²) in [6.07, 6.45) is 4.22. The number of carbonyl (C=O) groups is 1. The number of methoxy groups -OCH3 is 1. The quantitative estimate of drug-likeness (QED) is 0.262. The van der Waals surface area contributed by atoms with Crippen molar-refractivity contribution in [3.05, 3.63) is 29.8 Å². The Hall–Kier alpha value is -1.39. The van der Waals surface area contributed by atoms with Gasteiger partial charge in [0, 0.05) is 58.0 Å². The Kier molecular flexibility index (Phi) is 10.9. The highest BCUT2D eigenvalue weighted by atomic mass is 127. The molecule has 2 N–H and O–H groups in total. The van der Waals surface area contributed by atoms with E-state index in [1.54, 1.807) is 7.11 Å². The molecule has 2 fully saturated rings. The van der Waals surface area contributed by atoms with Crippen molar-refractivity contribution < 1.29 is 9.53 Å². The number of halogens is 1. The molecule has 1 saturated heterocycles. The zero-order valence-electron chi connectivity index (χ0n) is 18.2. The van der Waals surface area contributed by atoms with Crippen molar-refractivity contribution in [2.45, 2.75) is 45.2 Å². The second kappa shape index (κ2) is 13.1. The van der Waals surface area contributed by atoms with E-state index in [0.717, 1.165) is 69.0 Å². The molecule has 1 aliphatic heterocycles. The highest BCUT2D eigenvalue weighted by molar-refractivity contribution is 14.0. The molecular formula is C22H36IN5O2. The van der Waals surface area contributed by atoms with Crippen LogP contribution in [0.25, 0.3) is 0 Å². The Morgan fingerprint density at radius 1 is 1.23 bits per heavy atom. The second-order valence-electron chi connectivity index (χ2n) is 7.70. The molecule has 1 aromatic rings. The van der Waals surface area contributed by atoms with E-state index in [9.17, 15) is 4.79 Å². The number of amides is 1. The summed E-state index contributed by atoms with van der Waals surface area (Å²) in [6.45, 7) is 7.98. The fourth-order valence-corrected chi connectivity index (χ4v) is 3.66. The lowest BCUT2D eigenvalue weighted by atomic mass is 10.2. The molecular weight excluding hydrogens is 493 g/mol. The minimum absolute atomic E-state index is 0. The number of hydrogen-bond donors (Lipinski definition) is 2. The average Bonchev–Trinajstić information content (AvgIpc) is 3.49. The number of hydrogen-bond acceptors (Lipinski definition) is 4. The van der Waals surface area contributed by atoms with E-state index in [1.807, 2.05) is 17.0 Å². The molecule has 1 amide bonds. The Balaban J connectivity index is 0.00000320. The van der Waals surface area contributed by atoms with Crippen LogP contribution in [0.3, 0.4) is 0 Å². The highest BCUT2D eigenvalue weighted by Gasteiger charge is 2.28. The first-order chi connectivity index (χ1) is 14.2. The molecule has 1 saturated carbocycles. The van der Waals surface area contributed by atoms with E-state index >= 15 is 0 Å². The molecule has 0 spiro atoms. The van der Waals surface area contributed by atoms with Gasteiger partial charge in [0.1, 0.15) is 0 Å². The van der Waals surface area contributed by atoms with Crippen molar-refractivity contribution >= 4 is 41.5 Å². The summed E-state index contributed by atoms with van der Waals surface area (Å²) in [7, 11) is 1.76. The first-order valence-electron chi connectivity index (χ1n) is 10.9. The predicted octanol–water partition coefficient (Wildman–Crippen LogP) is 2.60. The Labute approximate surface area is 197 Å². The van der Waals surface area contributed by atoms with Gasteiger partial charge in [-0.2, -0.15) is 0 Å². The monoisotopic (exact) mass is 529 g/mol. The average molecular weight is 529 g/mol. The highest BCUT2D eigenvalue weighted by Crippen LogP contribution is 2.26. The molecule has 0 aromatic heterocycles. The number of anilines is 1. The van der Waals surface area contributed by atoms with Gasteiger partial charge in [0.05, 0.1) is 13.2 Å². The molecule has 7 nitrogen and oxygen atoms in total. The van der Waals surface area contributed by atoms with Gasteiger partial charge in [-0.05, 0) is 43.9 Å². The summed E-state index contributed by atoms with van der Waals surface area (Å²) < 4.78 is 5.23. The van der Waals surface area contributed by atoms with E-state index in [2.05, 4.69) is 34.6 Å². The molecule has 2 aliphatic rings. The molecule has 1 heterocycles. The van der Waals surface area contributed by atoms with Crippen LogP contribution in [0.4, 0.5) is 5.69 Å². The van der Waals surface area contributed by atoms with Crippen LogP contribution in [-0.4, -0.2) is 69.2 Å². The number of carbonyl (C=O) groups excluding carboxylic acids is 1. The van der Waals surface area contributed by atoms with Gasteiger partial charge in [-0.15, -0.1) is 24.0 Å². The van der Waals surface area contributed by atoms with E-state index in [1.165, 1.54) is 12.8 Å². The maximum absolute atomic E-state index is 11.9. The number of guanidine groups is 1. The zero-order chi connectivity index (χ0) is 20.5. The van der Waals surface area contributed by atoms with Crippen molar-refractivity contribution in [2.24, 2.45) is 4.99 Å². The van der Waals surface area contributed by atoms with Crippen LogP contribution < -0.4 is 15.5 Å². The number of ether oxygens (including phenoxy) is 1. The minimum atomic E-state index is 0. The van der Waals surface area contributed by atoms with Crippen molar-refractivity contribution in [3.8, 4) is 0 Å². The van der Waals surface area contributed by atoms with Crippen LogP contribution >= 0.6 is 24.0 Å². The van der Waals surface area contributed by atoms with Gasteiger partial charge < -0.3 is 20.3 Å². The Morgan fingerprint density at radius 3 is 2.60 bits per heavy atom. The molecule has 1 aromatic carbocycles. The van der Waals surface area contributed by atoms with Crippen LogP contribution in [0, 0.1) is 0 Å². The van der Waals surface area contributed by atoms with Gasteiger partial charge in [0.2, 0.25) is 5.91 Å². The summed E-state index contributed by atoms with van der Waals surface area (Å²) in [5, 5.41) is 6.77. The Bertz CT molecular complexity index is 679. The molecule has 8 heteroatoms. The maximum atomic E-state index is 11.9. The smallest absolute Gasteiger partial charge is 0.227 e. The third-order valence-corrected chi connectivity index (χ3v) is 5.42. The first kappa shape index (κ1) is 24.9. The van der Waals surface area contributed by atoms with Crippen LogP contribution in [0.5, 0.6) is 0 Å². The van der Waals surface area contributed by atoms with Gasteiger partial charge in [0.15, 0.2) is 5.96 Å². The first-order valence-corrected chi connectivity index (χ1v) is 10.9. The number of nitrogens with one attached hydrogen (secondary N) is 2. The minimum Gasteiger partial charge on any atom is -0.383 e. The van der Waals surface area contributed by atoms with Crippen LogP contribution in [0.1, 0.15) is 38.2 Å². The molecule has 0 atom stereocenters. The predicted molar refractivity (Wildman–Crippen MR) is 133 cm³/mol. The zero-order valence-corrected chi connectivity index (χ0v) is 20.6. The van der Waals surface area contributed by atoms with E-state index in [-0.39, 0.29) is 29.9 Å². The van der Waals surface area contributed by atoms with Crippen LogP contribution in [0.2, 0.25) is 0 Å². The molecule has 3 rings (SSSR count). The third kappa shape index (κ3) is 7.70. The normalized spacial score (nSPS) is 16.7. The lowest BCUT2D eigenvalue weighted by Crippen LogP contribution is -2.42. The van der Waals surface area contributed by atoms with Crippen molar-refractivity contribution in [2.75, 3.05) is 51.3 Å². The molecule has 0 radical (unpaired) electrons. The summed E-state index contributed by atoms with van der Waals surface area (Å²) in [6, 6.07) is 8.91. The number of nitrogens with zero attached hydrogens (tertiary/aromatic N) is 3. The number of aliphatic imine (C=N–C) groups is 1. The number of rotatable bonds is 11. The molecule has 0 unspecified atom stereocenters. The van der Waals surface area contributed by atoms with E-state index in [4.69, 9.17) is 9.73 Å². The van der Waals surface area contributed by atoms with Gasteiger partial charge in [-0.1, -0.05) is 12.1 Å². The lowest BCUT2D eigenvalue weighted by molar-refractivity contribution is -0.117. The molecule has 168 valence electrons. The second-order valence-corrected chi connectivity index (χ2v) is 7.70. The van der Waals surface area contributed by atoms with E-state index < -0.39 is 0 Å². The van der Waals surface area contributed by atoms with Crippen LogP contribution in [0.15, 0.2) is 29.3 Å². The summed E-state index contributed by atoms with van der Waals surface area (Å²) in [5.41, 5.74) is 2.12. The van der Waals surface area contributed by atoms with Crippen LogP contribution in [-0.2, 0) is 16.1 Å². The SMILES string of the molecule is CCNC(=NCc1ccc(N2CCCC2=O)cc1)NCCN(CCOC)C1CC1.I. The Morgan fingerprint density at radius 2 is 2.00 bits per heavy atom. The molecule has 0 bridgehead atoms. The maximum Gasteiger partial charge on any atom is 0.227 e. The largest absolute Gasteiger partial charge is 0.383 e. The van der Waals surface area contributed by atoms with Gasteiger partial charge in [-0.25, -0.2) is 4.99 Å². The molecule has 30 heavy (non-hydrogen) atoms. The molecule has 1 aliphatic carbocycles. The summed E-state index contributed by atoms with van der Waals surface area (Å²) in [4.78, 5) is 21.0. The number of benzene rings is 1. The van der Waals surface area contributed by atoms with Crippen molar-refractivity contribution in [1.29, 1.82) is 0 Å². The lowest BCUT2D eigenvalue weighted by Gasteiger charge is -2.22.